The van der Waals surface area contributed by atoms with E-state index in [0.29, 0.717) is 11.8 Å². The van der Waals surface area contributed by atoms with E-state index in [2.05, 4.69) is 0 Å². The molecule has 1 aliphatic carbocycles. The third-order valence-corrected chi connectivity index (χ3v) is 2.56. The smallest absolute Gasteiger partial charge is 0.142 e. The number of nitrogen functional groups attached to an aromatic ring is 1. The summed E-state index contributed by atoms with van der Waals surface area (Å²) in [6.07, 6.45) is 3.92. The molecule has 0 bridgehead atoms. The molecule has 0 atom stereocenters. The first-order chi connectivity index (χ1) is 6.79. The van der Waals surface area contributed by atoms with E-state index >= 15 is 0 Å². The minimum atomic E-state index is 0.366. The van der Waals surface area contributed by atoms with E-state index in [4.69, 9.17) is 15.2 Å². The molecule has 0 saturated heterocycles. The highest BCUT2D eigenvalue weighted by molar-refractivity contribution is 5.56. The van der Waals surface area contributed by atoms with E-state index in [9.17, 15) is 0 Å². The topological polar surface area (TPSA) is 44.5 Å². The largest absolute Gasteiger partial charge is 0.497 e. The number of rotatable bonds is 3. The fourth-order valence-electron chi connectivity index (χ4n) is 1.43. The average molecular weight is 193 g/mol. The SMILES string of the molecule is COc1ccc(OC2CCC2)c(N)c1. The van der Waals surface area contributed by atoms with Crippen molar-refractivity contribution in [2.45, 2.75) is 25.4 Å². The van der Waals surface area contributed by atoms with Crippen LogP contribution in [0.25, 0.3) is 0 Å². The number of anilines is 1. The summed E-state index contributed by atoms with van der Waals surface area (Å²) in [5.41, 5.74) is 6.47. The Kier molecular flexibility index (Phi) is 2.48. The van der Waals surface area contributed by atoms with Crippen molar-refractivity contribution >= 4 is 5.69 Å². The summed E-state index contributed by atoms with van der Waals surface area (Å²) >= 11 is 0. The predicted octanol–water partition coefficient (Wildman–Crippen LogP) is 2.21. The summed E-state index contributed by atoms with van der Waals surface area (Å²) in [6, 6.07) is 5.52. The van der Waals surface area contributed by atoms with Gasteiger partial charge in [0.1, 0.15) is 11.5 Å². The van der Waals surface area contributed by atoms with Crippen molar-refractivity contribution in [2.75, 3.05) is 12.8 Å². The number of methoxy groups -OCH3 is 1. The lowest BCUT2D eigenvalue weighted by Crippen LogP contribution is -2.24. The van der Waals surface area contributed by atoms with E-state index in [0.717, 1.165) is 24.3 Å². The van der Waals surface area contributed by atoms with Crippen molar-refractivity contribution in [1.29, 1.82) is 0 Å². The van der Waals surface area contributed by atoms with Crippen molar-refractivity contribution in [3.8, 4) is 11.5 Å². The van der Waals surface area contributed by atoms with Crippen LogP contribution in [-0.2, 0) is 0 Å². The molecule has 2 N–H and O–H groups in total. The first kappa shape index (κ1) is 9.19. The van der Waals surface area contributed by atoms with E-state index in [-0.39, 0.29) is 0 Å². The van der Waals surface area contributed by atoms with Crippen molar-refractivity contribution in [3.63, 3.8) is 0 Å². The molecule has 0 aliphatic heterocycles. The van der Waals surface area contributed by atoms with Crippen LogP contribution >= 0.6 is 0 Å². The molecule has 0 amide bonds. The van der Waals surface area contributed by atoms with Gasteiger partial charge in [0.15, 0.2) is 0 Å². The zero-order valence-corrected chi connectivity index (χ0v) is 8.32. The molecule has 0 aromatic heterocycles. The molecule has 0 heterocycles. The Balaban J connectivity index is 2.09. The Morgan fingerprint density at radius 1 is 1.36 bits per heavy atom. The molecule has 76 valence electrons. The third kappa shape index (κ3) is 1.76. The van der Waals surface area contributed by atoms with Crippen molar-refractivity contribution in [3.05, 3.63) is 18.2 Å². The molecule has 0 spiro atoms. The van der Waals surface area contributed by atoms with Crippen LogP contribution in [0.15, 0.2) is 18.2 Å². The Morgan fingerprint density at radius 2 is 2.14 bits per heavy atom. The number of hydrogen-bond acceptors (Lipinski definition) is 3. The molecular weight excluding hydrogens is 178 g/mol. The molecule has 1 aromatic carbocycles. The minimum absolute atomic E-state index is 0.366. The van der Waals surface area contributed by atoms with Crippen molar-refractivity contribution in [1.82, 2.24) is 0 Å². The maximum atomic E-state index is 5.82. The molecular formula is C11H15NO2. The zero-order valence-electron chi connectivity index (χ0n) is 8.32. The molecule has 14 heavy (non-hydrogen) atoms. The van der Waals surface area contributed by atoms with Gasteiger partial charge in [0.25, 0.3) is 0 Å². The summed E-state index contributed by atoms with van der Waals surface area (Å²) in [5.74, 6) is 1.54. The maximum Gasteiger partial charge on any atom is 0.142 e. The molecule has 2 rings (SSSR count). The van der Waals surface area contributed by atoms with Crippen LogP contribution in [0.5, 0.6) is 11.5 Å². The number of ether oxygens (including phenoxy) is 2. The van der Waals surface area contributed by atoms with Gasteiger partial charge >= 0.3 is 0 Å². The van der Waals surface area contributed by atoms with Gasteiger partial charge in [-0.05, 0) is 31.4 Å². The number of benzene rings is 1. The van der Waals surface area contributed by atoms with Gasteiger partial charge < -0.3 is 15.2 Å². The van der Waals surface area contributed by atoms with E-state index in [1.165, 1.54) is 6.42 Å². The fraction of sp³-hybridized carbons (Fsp3) is 0.455. The molecule has 3 heteroatoms. The van der Waals surface area contributed by atoms with Crippen LogP contribution in [0.4, 0.5) is 5.69 Å². The second-order valence-corrected chi connectivity index (χ2v) is 3.57. The van der Waals surface area contributed by atoms with Crippen molar-refractivity contribution < 1.29 is 9.47 Å². The molecule has 3 nitrogen and oxygen atoms in total. The predicted molar refractivity (Wildman–Crippen MR) is 55.7 cm³/mol. The Morgan fingerprint density at radius 3 is 2.64 bits per heavy atom. The van der Waals surface area contributed by atoms with Gasteiger partial charge in [-0.2, -0.15) is 0 Å². The van der Waals surface area contributed by atoms with Gasteiger partial charge in [-0.1, -0.05) is 0 Å². The number of hydrogen-bond donors (Lipinski definition) is 1. The van der Waals surface area contributed by atoms with Gasteiger partial charge in [0.05, 0.1) is 18.9 Å². The molecule has 1 aromatic rings. The van der Waals surface area contributed by atoms with E-state index in [1.807, 2.05) is 12.1 Å². The Labute approximate surface area is 83.8 Å². The van der Waals surface area contributed by atoms with Gasteiger partial charge in [-0.25, -0.2) is 0 Å². The summed E-state index contributed by atoms with van der Waals surface area (Å²) in [4.78, 5) is 0. The van der Waals surface area contributed by atoms with Crippen LogP contribution in [0.2, 0.25) is 0 Å². The maximum absolute atomic E-state index is 5.82. The lowest BCUT2D eigenvalue weighted by atomic mass is 9.96. The van der Waals surface area contributed by atoms with Crippen molar-refractivity contribution in [2.24, 2.45) is 0 Å². The summed E-state index contributed by atoms with van der Waals surface area (Å²) in [5, 5.41) is 0. The van der Waals surface area contributed by atoms with Crippen LogP contribution in [0.1, 0.15) is 19.3 Å². The second-order valence-electron chi connectivity index (χ2n) is 3.57. The highest BCUT2D eigenvalue weighted by atomic mass is 16.5. The van der Waals surface area contributed by atoms with Gasteiger partial charge in [0.2, 0.25) is 0 Å². The summed E-state index contributed by atoms with van der Waals surface area (Å²) in [7, 11) is 1.63. The van der Waals surface area contributed by atoms with Crippen LogP contribution in [-0.4, -0.2) is 13.2 Å². The zero-order chi connectivity index (χ0) is 9.97. The lowest BCUT2D eigenvalue weighted by molar-refractivity contribution is 0.121. The molecule has 0 unspecified atom stereocenters. The monoisotopic (exact) mass is 193 g/mol. The molecule has 1 aliphatic rings. The summed E-state index contributed by atoms with van der Waals surface area (Å²) in [6.45, 7) is 0. The van der Waals surface area contributed by atoms with E-state index in [1.54, 1.807) is 13.2 Å². The van der Waals surface area contributed by atoms with Crippen LogP contribution in [0, 0.1) is 0 Å². The molecule has 1 fully saturated rings. The van der Waals surface area contributed by atoms with Gasteiger partial charge in [-0.15, -0.1) is 0 Å². The highest BCUT2D eigenvalue weighted by Crippen LogP contribution is 2.31. The van der Waals surface area contributed by atoms with Crippen LogP contribution in [0.3, 0.4) is 0 Å². The van der Waals surface area contributed by atoms with Crippen LogP contribution < -0.4 is 15.2 Å². The summed E-state index contributed by atoms with van der Waals surface area (Å²) < 4.78 is 10.8. The first-order valence-corrected chi connectivity index (χ1v) is 4.90. The Hall–Kier alpha value is -1.38. The molecule has 0 radical (unpaired) electrons. The lowest BCUT2D eigenvalue weighted by Gasteiger charge is -2.27. The highest BCUT2D eigenvalue weighted by Gasteiger charge is 2.19. The quantitative estimate of drug-likeness (QED) is 0.748. The minimum Gasteiger partial charge on any atom is -0.497 e. The molecule has 1 saturated carbocycles. The average Bonchev–Trinajstić information content (AvgIpc) is 2.13. The third-order valence-electron chi connectivity index (χ3n) is 2.56. The second kappa shape index (κ2) is 3.78. The van der Waals surface area contributed by atoms with Gasteiger partial charge in [-0.3, -0.25) is 0 Å². The first-order valence-electron chi connectivity index (χ1n) is 4.90. The number of nitrogens with two attached hydrogens (primary N) is 1. The fourth-order valence-corrected chi connectivity index (χ4v) is 1.43. The van der Waals surface area contributed by atoms with Gasteiger partial charge in [0, 0.05) is 6.07 Å². The standard InChI is InChI=1S/C11H15NO2/c1-13-9-5-6-11(10(12)7-9)14-8-3-2-4-8/h5-8H,2-4,12H2,1H3. The Bertz CT molecular complexity index is 321. The normalized spacial score (nSPS) is 16.1. The van der Waals surface area contributed by atoms with E-state index < -0.39 is 0 Å².